The number of amides is 2. The Morgan fingerprint density at radius 3 is 2.36 bits per heavy atom. The van der Waals surface area contributed by atoms with E-state index in [1.54, 1.807) is 21.3 Å². The summed E-state index contributed by atoms with van der Waals surface area (Å²) in [5.74, 6) is 1.26. The first kappa shape index (κ1) is 23.4. The second-order valence-corrected chi connectivity index (χ2v) is 8.72. The number of methoxy groups -OCH3 is 2. The van der Waals surface area contributed by atoms with Crippen molar-refractivity contribution in [3.8, 4) is 22.6 Å². The van der Waals surface area contributed by atoms with Crippen LogP contribution in [0, 0.1) is 0 Å². The van der Waals surface area contributed by atoms with Crippen LogP contribution in [-0.2, 0) is 6.42 Å². The van der Waals surface area contributed by atoms with Crippen LogP contribution in [0.1, 0.15) is 23.6 Å². The van der Waals surface area contributed by atoms with E-state index in [-0.39, 0.29) is 12.1 Å². The Kier molecular flexibility index (Phi) is 6.29. The average molecular weight is 481 g/mol. The third kappa shape index (κ3) is 4.13. The summed E-state index contributed by atoms with van der Waals surface area (Å²) < 4.78 is 11.1. The Balaban J connectivity index is 1.64. The second kappa shape index (κ2) is 9.70. The number of aromatic nitrogens is 1. The Labute approximate surface area is 210 Å². The van der Waals surface area contributed by atoms with Gasteiger partial charge in [0.05, 0.1) is 31.5 Å². The van der Waals surface area contributed by atoms with Gasteiger partial charge in [-0.2, -0.15) is 5.10 Å². The average Bonchev–Trinajstić information content (AvgIpc) is 3.07. The molecule has 0 radical (unpaired) electrons. The maximum absolute atomic E-state index is 12.7. The molecular weight excluding hydrogens is 452 g/mol. The van der Waals surface area contributed by atoms with Gasteiger partial charge in [-0.25, -0.2) is 9.80 Å². The van der Waals surface area contributed by atoms with Crippen molar-refractivity contribution in [1.82, 2.24) is 15.3 Å². The zero-order chi connectivity index (χ0) is 25.2. The van der Waals surface area contributed by atoms with E-state index in [1.807, 2.05) is 61.7 Å². The number of ether oxygens (including phenoxy) is 2. The fourth-order valence-corrected chi connectivity index (χ4v) is 4.70. The van der Waals surface area contributed by atoms with Crippen molar-refractivity contribution in [3.63, 3.8) is 0 Å². The van der Waals surface area contributed by atoms with Crippen LogP contribution in [0.5, 0.6) is 11.5 Å². The summed E-state index contributed by atoms with van der Waals surface area (Å²) >= 11 is 0. The predicted molar refractivity (Wildman–Crippen MR) is 142 cm³/mol. The van der Waals surface area contributed by atoms with Gasteiger partial charge in [0, 0.05) is 29.8 Å². The van der Waals surface area contributed by atoms with Gasteiger partial charge in [-0.3, -0.25) is 4.98 Å². The molecule has 7 nitrogen and oxygen atoms in total. The molecule has 182 valence electrons. The molecule has 1 aliphatic heterocycles. The molecule has 5 rings (SSSR count). The van der Waals surface area contributed by atoms with E-state index in [0.29, 0.717) is 23.6 Å². The van der Waals surface area contributed by atoms with E-state index in [9.17, 15) is 4.79 Å². The van der Waals surface area contributed by atoms with Crippen LogP contribution >= 0.6 is 0 Å². The Morgan fingerprint density at radius 2 is 1.64 bits per heavy atom. The predicted octanol–water partition coefficient (Wildman–Crippen LogP) is 5.26. The number of fused-ring (bicyclic) bond motifs is 2. The molecule has 3 aromatic carbocycles. The van der Waals surface area contributed by atoms with Crippen LogP contribution in [0.25, 0.3) is 22.0 Å². The molecule has 36 heavy (non-hydrogen) atoms. The number of hydrogen-bond acceptors (Lipinski definition) is 5. The monoisotopic (exact) mass is 480 g/mol. The lowest BCUT2D eigenvalue weighted by Gasteiger charge is -2.22. The highest BCUT2D eigenvalue weighted by Gasteiger charge is 2.28. The van der Waals surface area contributed by atoms with E-state index in [2.05, 4.69) is 28.5 Å². The smallest absolute Gasteiger partial charge is 0.337 e. The lowest BCUT2D eigenvalue weighted by Crippen LogP contribution is -2.41. The number of carbonyl (C=O) groups excluding carboxylic acids is 1. The fourth-order valence-electron chi connectivity index (χ4n) is 4.70. The highest BCUT2D eigenvalue weighted by Crippen LogP contribution is 2.35. The Morgan fingerprint density at radius 1 is 0.944 bits per heavy atom. The number of nitrogens with one attached hydrogen (secondary N) is 1. The molecule has 1 aromatic heterocycles. The number of hydrogen-bond donors (Lipinski definition) is 1. The number of urea groups is 1. The first-order valence-electron chi connectivity index (χ1n) is 11.8. The van der Waals surface area contributed by atoms with Gasteiger partial charge in [-0.15, -0.1) is 0 Å². The van der Waals surface area contributed by atoms with E-state index in [4.69, 9.17) is 14.6 Å². The second-order valence-electron chi connectivity index (χ2n) is 8.72. The standard InChI is InChI=1S/C29H28N4O3/c1-18-15-21-16-26(35-3)27(36-4)17-24(21)28(32-33(18)29(34)30-2)20-11-9-19(10-12-20)22-13-14-31-25-8-6-5-7-23(22)25/h5-14,16-18H,15H2,1-4H3,(H,30,34). The van der Waals surface area contributed by atoms with Gasteiger partial charge >= 0.3 is 6.03 Å². The van der Waals surface area contributed by atoms with Gasteiger partial charge < -0.3 is 14.8 Å². The first-order chi connectivity index (χ1) is 17.5. The lowest BCUT2D eigenvalue weighted by molar-refractivity contribution is 0.184. The van der Waals surface area contributed by atoms with Gasteiger partial charge in [0.15, 0.2) is 11.5 Å². The van der Waals surface area contributed by atoms with Crippen LogP contribution in [0.3, 0.4) is 0 Å². The lowest BCUT2D eigenvalue weighted by atomic mass is 9.92. The van der Waals surface area contributed by atoms with Gasteiger partial charge in [-0.05, 0) is 54.3 Å². The summed E-state index contributed by atoms with van der Waals surface area (Å²) in [6.45, 7) is 1.99. The quantitative estimate of drug-likeness (QED) is 0.432. The van der Waals surface area contributed by atoms with Crippen molar-refractivity contribution >= 4 is 22.6 Å². The number of hydrazone groups is 1. The molecule has 4 aromatic rings. The van der Waals surface area contributed by atoms with Crippen LogP contribution in [0.2, 0.25) is 0 Å². The minimum absolute atomic E-state index is 0.151. The number of rotatable bonds is 4. The molecule has 7 heteroatoms. The zero-order valence-electron chi connectivity index (χ0n) is 20.8. The molecule has 1 unspecified atom stereocenters. The molecule has 0 fully saturated rings. The third-order valence-corrected chi connectivity index (χ3v) is 6.55. The van der Waals surface area contributed by atoms with Gasteiger partial charge in [0.2, 0.25) is 0 Å². The highest BCUT2D eigenvalue weighted by atomic mass is 16.5. The molecular formula is C29H28N4O3. The first-order valence-corrected chi connectivity index (χ1v) is 11.8. The Hall–Kier alpha value is -4.39. The van der Waals surface area contributed by atoms with Gasteiger partial charge in [0.25, 0.3) is 0 Å². The van der Waals surface area contributed by atoms with E-state index < -0.39 is 0 Å². The zero-order valence-corrected chi connectivity index (χ0v) is 20.8. The van der Waals surface area contributed by atoms with Gasteiger partial charge in [0.1, 0.15) is 0 Å². The van der Waals surface area contributed by atoms with Crippen LogP contribution in [-0.4, -0.2) is 49.0 Å². The number of pyridine rings is 1. The largest absolute Gasteiger partial charge is 0.493 e. The number of para-hydroxylation sites is 1. The van der Waals surface area contributed by atoms with Crippen molar-refractivity contribution in [3.05, 3.63) is 89.6 Å². The van der Waals surface area contributed by atoms with Crippen molar-refractivity contribution in [2.75, 3.05) is 21.3 Å². The minimum Gasteiger partial charge on any atom is -0.493 e. The number of benzene rings is 3. The Bertz CT molecular complexity index is 1460. The van der Waals surface area contributed by atoms with Crippen LogP contribution < -0.4 is 14.8 Å². The molecule has 0 saturated carbocycles. The van der Waals surface area contributed by atoms with Crippen LogP contribution in [0.4, 0.5) is 4.79 Å². The summed E-state index contributed by atoms with van der Waals surface area (Å²) in [7, 11) is 4.85. The topological polar surface area (TPSA) is 76.1 Å². The highest BCUT2D eigenvalue weighted by molar-refractivity contribution is 6.14. The van der Waals surface area contributed by atoms with Crippen LogP contribution in [0.15, 0.2) is 78.0 Å². The summed E-state index contributed by atoms with van der Waals surface area (Å²) in [5, 5.41) is 10.2. The molecule has 1 N–H and O–H groups in total. The maximum atomic E-state index is 12.7. The number of carbonyl (C=O) groups is 1. The maximum Gasteiger partial charge on any atom is 0.337 e. The summed E-state index contributed by atoms with van der Waals surface area (Å²) in [5.41, 5.74) is 6.69. The van der Waals surface area contributed by atoms with E-state index in [0.717, 1.165) is 38.7 Å². The molecule has 1 aliphatic rings. The normalized spacial score (nSPS) is 15.1. The van der Waals surface area contributed by atoms with Crippen molar-refractivity contribution in [2.45, 2.75) is 19.4 Å². The summed E-state index contributed by atoms with van der Waals surface area (Å²) in [6.07, 6.45) is 2.46. The summed E-state index contributed by atoms with van der Waals surface area (Å²) in [6, 6.07) is 21.9. The van der Waals surface area contributed by atoms with E-state index in [1.165, 1.54) is 5.01 Å². The fraction of sp³-hybridized carbons (Fsp3) is 0.207. The summed E-state index contributed by atoms with van der Waals surface area (Å²) in [4.78, 5) is 17.2. The molecule has 1 atom stereocenters. The third-order valence-electron chi connectivity index (χ3n) is 6.55. The molecule has 2 amide bonds. The molecule has 0 spiro atoms. The number of nitrogens with zero attached hydrogens (tertiary/aromatic N) is 3. The molecule has 0 aliphatic carbocycles. The molecule has 0 bridgehead atoms. The van der Waals surface area contributed by atoms with Crippen molar-refractivity contribution < 1.29 is 14.3 Å². The minimum atomic E-state index is -0.258. The molecule has 0 saturated heterocycles. The SMILES string of the molecule is CNC(=O)N1N=C(c2ccc(-c3ccnc4ccccc34)cc2)c2cc(OC)c(OC)cc2CC1C. The molecule has 2 heterocycles. The van der Waals surface area contributed by atoms with Crippen molar-refractivity contribution in [1.29, 1.82) is 0 Å². The van der Waals surface area contributed by atoms with Crippen molar-refractivity contribution in [2.24, 2.45) is 5.10 Å². The van der Waals surface area contributed by atoms with E-state index >= 15 is 0 Å². The van der Waals surface area contributed by atoms with Gasteiger partial charge in [-0.1, -0.05) is 42.5 Å².